The van der Waals surface area contributed by atoms with Gasteiger partial charge in [0, 0.05) is 11.6 Å². The number of methoxy groups -OCH3 is 1. The lowest BCUT2D eigenvalue weighted by atomic mass is 10.0. The van der Waals surface area contributed by atoms with Crippen LogP contribution in [-0.2, 0) is 6.42 Å². The van der Waals surface area contributed by atoms with Gasteiger partial charge >= 0.3 is 0 Å². The van der Waals surface area contributed by atoms with Gasteiger partial charge < -0.3 is 4.74 Å². The highest BCUT2D eigenvalue weighted by molar-refractivity contribution is 5.70. The number of ether oxygens (including phenoxy) is 1. The Balaban J connectivity index is 2.33. The molecule has 0 saturated carbocycles. The van der Waals surface area contributed by atoms with Crippen LogP contribution in [0.2, 0.25) is 0 Å². The molecule has 0 heterocycles. The van der Waals surface area contributed by atoms with E-state index in [2.05, 4.69) is 43.3 Å². The van der Waals surface area contributed by atoms with Crippen LogP contribution in [-0.4, -0.2) is 7.11 Å². The molecule has 0 aromatic heterocycles. The molecular formula is C16H17O. The SMILES string of the molecule is CCCc1ccc(-c2ccc[c]c2OC)cc1. The van der Waals surface area contributed by atoms with E-state index in [0.717, 1.165) is 17.7 Å². The van der Waals surface area contributed by atoms with Crippen molar-refractivity contribution in [3.8, 4) is 16.9 Å². The Morgan fingerprint density at radius 2 is 1.88 bits per heavy atom. The third-order valence-corrected chi connectivity index (χ3v) is 2.83. The van der Waals surface area contributed by atoms with Crippen molar-refractivity contribution >= 4 is 0 Å². The fourth-order valence-corrected chi connectivity index (χ4v) is 1.96. The Kier molecular flexibility index (Phi) is 3.81. The molecule has 2 rings (SSSR count). The molecule has 2 aromatic rings. The molecule has 0 aliphatic rings. The maximum Gasteiger partial charge on any atom is 0.134 e. The summed E-state index contributed by atoms with van der Waals surface area (Å²) in [5.74, 6) is 0.802. The lowest BCUT2D eigenvalue weighted by Crippen LogP contribution is -1.88. The minimum atomic E-state index is 0.802. The van der Waals surface area contributed by atoms with Crippen molar-refractivity contribution < 1.29 is 4.74 Å². The molecule has 0 fully saturated rings. The zero-order chi connectivity index (χ0) is 12.1. The molecule has 0 atom stereocenters. The minimum Gasteiger partial charge on any atom is -0.495 e. The minimum absolute atomic E-state index is 0.802. The Bertz CT molecular complexity index is 471. The molecule has 87 valence electrons. The monoisotopic (exact) mass is 225 g/mol. The Morgan fingerprint density at radius 3 is 2.53 bits per heavy atom. The lowest BCUT2D eigenvalue weighted by molar-refractivity contribution is 0.415. The number of hydrogen-bond donors (Lipinski definition) is 0. The van der Waals surface area contributed by atoms with Crippen LogP contribution in [0, 0.1) is 6.07 Å². The average molecular weight is 225 g/mol. The van der Waals surface area contributed by atoms with E-state index in [0.29, 0.717) is 0 Å². The summed E-state index contributed by atoms with van der Waals surface area (Å²) in [6.45, 7) is 2.20. The van der Waals surface area contributed by atoms with Crippen molar-refractivity contribution in [3.05, 3.63) is 54.1 Å². The zero-order valence-electron chi connectivity index (χ0n) is 10.4. The first-order valence-corrected chi connectivity index (χ1v) is 5.99. The Labute approximate surface area is 103 Å². The standard InChI is InChI=1S/C16H17O/c1-3-6-13-9-11-14(12-10-13)15-7-4-5-8-16(15)17-2/h4-5,7,9-12H,3,6H2,1-2H3. The fourth-order valence-electron chi connectivity index (χ4n) is 1.96. The molecule has 1 nitrogen and oxygen atoms in total. The number of hydrogen-bond acceptors (Lipinski definition) is 1. The van der Waals surface area contributed by atoms with E-state index >= 15 is 0 Å². The molecule has 1 radical (unpaired) electrons. The van der Waals surface area contributed by atoms with Crippen LogP contribution in [0.4, 0.5) is 0 Å². The van der Waals surface area contributed by atoms with Gasteiger partial charge in [-0.2, -0.15) is 0 Å². The van der Waals surface area contributed by atoms with Crippen LogP contribution in [0.1, 0.15) is 18.9 Å². The number of benzene rings is 2. The highest BCUT2D eigenvalue weighted by atomic mass is 16.5. The predicted molar refractivity (Wildman–Crippen MR) is 71.3 cm³/mol. The van der Waals surface area contributed by atoms with Crippen molar-refractivity contribution in [1.29, 1.82) is 0 Å². The lowest BCUT2D eigenvalue weighted by Gasteiger charge is -2.08. The van der Waals surface area contributed by atoms with Crippen molar-refractivity contribution in [3.63, 3.8) is 0 Å². The van der Waals surface area contributed by atoms with Crippen LogP contribution < -0.4 is 4.74 Å². The van der Waals surface area contributed by atoms with Crippen LogP contribution in [0.25, 0.3) is 11.1 Å². The van der Waals surface area contributed by atoms with Crippen LogP contribution >= 0.6 is 0 Å². The van der Waals surface area contributed by atoms with Gasteiger partial charge in [0.25, 0.3) is 0 Å². The van der Waals surface area contributed by atoms with Gasteiger partial charge in [0.05, 0.1) is 7.11 Å². The van der Waals surface area contributed by atoms with Crippen molar-refractivity contribution in [1.82, 2.24) is 0 Å². The van der Waals surface area contributed by atoms with Crippen molar-refractivity contribution in [2.24, 2.45) is 0 Å². The van der Waals surface area contributed by atoms with Gasteiger partial charge in [-0.15, -0.1) is 0 Å². The van der Waals surface area contributed by atoms with E-state index < -0.39 is 0 Å². The maximum absolute atomic E-state index is 5.32. The van der Waals surface area contributed by atoms with Gasteiger partial charge in [0.2, 0.25) is 0 Å². The summed E-state index contributed by atoms with van der Waals surface area (Å²) >= 11 is 0. The summed E-state index contributed by atoms with van der Waals surface area (Å²) in [7, 11) is 1.68. The van der Waals surface area contributed by atoms with E-state index in [1.807, 2.05) is 12.1 Å². The van der Waals surface area contributed by atoms with Crippen LogP contribution in [0.5, 0.6) is 5.75 Å². The van der Waals surface area contributed by atoms with E-state index in [-0.39, 0.29) is 0 Å². The van der Waals surface area contributed by atoms with Crippen molar-refractivity contribution in [2.45, 2.75) is 19.8 Å². The van der Waals surface area contributed by atoms with Gasteiger partial charge in [0.15, 0.2) is 0 Å². The second kappa shape index (κ2) is 5.53. The zero-order valence-corrected chi connectivity index (χ0v) is 10.4. The molecule has 0 saturated heterocycles. The van der Waals surface area contributed by atoms with E-state index in [1.54, 1.807) is 7.11 Å². The summed E-state index contributed by atoms with van der Waals surface area (Å²) in [5.41, 5.74) is 3.66. The number of aryl methyl sites for hydroxylation is 1. The highest BCUT2D eigenvalue weighted by Crippen LogP contribution is 2.29. The first kappa shape index (κ1) is 11.7. The summed E-state index contributed by atoms with van der Waals surface area (Å²) < 4.78 is 5.32. The third-order valence-electron chi connectivity index (χ3n) is 2.83. The van der Waals surface area contributed by atoms with Crippen LogP contribution in [0.3, 0.4) is 0 Å². The largest absolute Gasteiger partial charge is 0.495 e. The maximum atomic E-state index is 5.32. The highest BCUT2D eigenvalue weighted by Gasteiger charge is 2.04. The number of rotatable bonds is 4. The molecule has 0 aliphatic carbocycles. The molecule has 17 heavy (non-hydrogen) atoms. The molecule has 0 N–H and O–H groups in total. The topological polar surface area (TPSA) is 9.23 Å². The Hall–Kier alpha value is -1.76. The summed E-state index contributed by atoms with van der Waals surface area (Å²) in [6, 6.07) is 17.7. The summed E-state index contributed by atoms with van der Waals surface area (Å²) in [5, 5.41) is 0. The van der Waals surface area contributed by atoms with Crippen LogP contribution in [0.15, 0.2) is 42.5 Å². The molecule has 0 aliphatic heterocycles. The quantitative estimate of drug-likeness (QED) is 0.760. The van der Waals surface area contributed by atoms with Gasteiger partial charge in [-0.1, -0.05) is 55.8 Å². The van der Waals surface area contributed by atoms with Gasteiger partial charge in [-0.25, -0.2) is 0 Å². The molecule has 0 spiro atoms. The van der Waals surface area contributed by atoms with E-state index in [9.17, 15) is 0 Å². The van der Waals surface area contributed by atoms with Gasteiger partial charge in [-0.05, 0) is 17.5 Å². The van der Waals surface area contributed by atoms with Gasteiger partial charge in [-0.3, -0.25) is 0 Å². The second-order valence-corrected chi connectivity index (χ2v) is 4.06. The van der Waals surface area contributed by atoms with E-state index in [1.165, 1.54) is 17.5 Å². The average Bonchev–Trinajstić information content (AvgIpc) is 2.40. The van der Waals surface area contributed by atoms with Crippen molar-refractivity contribution in [2.75, 3.05) is 7.11 Å². The molecule has 2 aromatic carbocycles. The first-order chi connectivity index (χ1) is 8.35. The Morgan fingerprint density at radius 1 is 1.12 bits per heavy atom. The molecule has 0 amide bonds. The molecule has 0 bridgehead atoms. The summed E-state index contributed by atoms with van der Waals surface area (Å²) in [4.78, 5) is 0. The van der Waals surface area contributed by atoms with E-state index in [4.69, 9.17) is 4.74 Å². The predicted octanol–water partition coefficient (Wildman–Crippen LogP) is 4.11. The molecular weight excluding hydrogens is 208 g/mol. The third kappa shape index (κ3) is 2.68. The molecule has 0 unspecified atom stereocenters. The van der Waals surface area contributed by atoms with Gasteiger partial charge in [0.1, 0.15) is 5.75 Å². The fraction of sp³-hybridized carbons (Fsp3) is 0.250. The summed E-state index contributed by atoms with van der Waals surface area (Å²) in [6.07, 6.45) is 2.32. The smallest absolute Gasteiger partial charge is 0.134 e. The number of para-hydroxylation sites is 1. The molecule has 1 heteroatoms. The first-order valence-electron chi connectivity index (χ1n) is 5.99. The normalized spacial score (nSPS) is 10.2. The second-order valence-electron chi connectivity index (χ2n) is 4.06.